The van der Waals surface area contributed by atoms with E-state index in [0.29, 0.717) is 37.6 Å². The van der Waals surface area contributed by atoms with Crippen molar-refractivity contribution in [3.63, 3.8) is 0 Å². The van der Waals surface area contributed by atoms with Crippen LogP contribution < -0.4 is 15.4 Å². The van der Waals surface area contributed by atoms with Gasteiger partial charge in [-0.05, 0) is 31.0 Å². The minimum absolute atomic E-state index is 0.0299. The molecule has 0 atom stereocenters. The zero-order chi connectivity index (χ0) is 19.6. The Labute approximate surface area is 156 Å². The van der Waals surface area contributed by atoms with E-state index in [2.05, 4.69) is 20.3 Å². The summed E-state index contributed by atoms with van der Waals surface area (Å²) in [4.78, 5) is 17.9. The summed E-state index contributed by atoms with van der Waals surface area (Å²) in [6.45, 7) is 4.17. The van der Waals surface area contributed by atoms with Crippen molar-refractivity contribution in [2.45, 2.75) is 19.9 Å². The lowest BCUT2D eigenvalue weighted by molar-refractivity contribution is 0.0827. The number of sulfonamides is 1. The summed E-state index contributed by atoms with van der Waals surface area (Å²) in [6, 6.07) is 7.37. The van der Waals surface area contributed by atoms with Crippen molar-refractivity contribution >= 4 is 21.9 Å². The third-order valence-corrected chi connectivity index (χ3v) is 4.11. The molecule has 8 nitrogen and oxygen atoms in total. The Morgan fingerprint density at radius 3 is 2.31 bits per heavy atom. The van der Waals surface area contributed by atoms with E-state index in [0.717, 1.165) is 18.4 Å². The van der Waals surface area contributed by atoms with E-state index in [-0.39, 0.29) is 5.91 Å². The number of hydrogen-bond donors (Lipinski definition) is 3. The second kappa shape index (κ2) is 10.8. The molecule has 9 heteroatoms. The van der Waals surface area contributed by atoms with Gasteiger partial charge >= 0.3 is 0 Å². The van der Waals surface area contributed by atoms with Gasteiger partial charge in [0.05, 0.1) is 12.8 Å². The molecular weight excluding hydrogens is 354 g/mol. The van der Waals surface area contributed by atoms with Crippen LogP contribution in [0.4, 0.5) is 0 Å². The van der Waals surface area contributed by atoms with E-state index in [1.807, 2.05) is 19.1 Å². The maximum absolute atomic E-state index is 11.9. The Morgan fingerprint density at radius 2 is 1.77 bits per heavy atom. The molecule has 146 valence electrons. The molecule has 0 unspecified atom stereocenters. The molecule has 0 bridgehead atoms. The molecule has 0 aliphatic rings. The zero-order valence-electron chi connectivity index (χ0n) is 15.9. The van der Waals surface area contributed by atoms with Gasteiger partial charge in [0.15, 0.2) is 5.96 Å². The highest BCUT2D eigenvalue weighted by Crippen LogP contribution is 2.07. The molecule has 1 aromatic carbocycles. The van der Waals surface area contributed by atoms with Gasteiger partial charge in [-0.15, -0.1) is 0 Å². The molecule has 0 heterocycles. The van der Waals surface area contributed by atoms with E-state index in [4.69, 9.17) is 0 Å². The van der Waals surface area contributed by atoms with Gasteiger partial charge in [-0.25, -0.2) is 18.1 Å². The number of nitrogens with zero attached hydrogens (tertiary/aromatic N) is 2. The van der Waals surface area contributed by atoms with Gasteiger partial charge < -0.3 is 15.5 Å². The summed E-state index contributed by atoms with van der Waals surface area (Å²) >= 11 is 0. The first-order chi connectivity index (χ1) is 12.2. The number of carbonyl (C=O) groups excluding carboxylic acids is 1. The van der Waals surface area contributed by atoms with Crippen molar-refractivity contribution in [1.29, 1.82) is 0 Å². The van der Waals surface area contributed by atoms with Crippen molar-refractivity contribution < 1.29 is 13.2 Å². The SMILES string of the molecule is CCNC(=NCc1ccc(C(=O)N(C)C)cc1)NCCCNS(C)(=O)=O. The van der Waals surface area contributed by atoms with Crippen LogP contribution in [0.15, 0.2) is 29.3 Å². The molecule has 0 saturated carbocycles. The van der Waals surface area contributed by atoms with Gasteiger partial charge in [-0.1, -0.05) is 12.1 Å². The molecular formula is C17H29N5O3S. The summed E-state index contributed by atoms with van der Waals surface area (Å²) in [5, 5.41) is 6.31. The fraction of sp³-hybridized carbons (Fsp3) is 0.529. The third-order valence-electron chi connectivity index (χ3n) is 3.38. The number of aliphatic imine (C=N–C) groups is 1. The van der Waals surface area contributed by atoms with Crippen LogP contribution in [-0.4, -0.2) is 65.2 Å². The fourth-order valence-corrected chi connectivity index (χ4v) is 2.59. The second-order valence-electron chi connectivity index (χ2n) is 6.04. The van der Waals surface area contributed by atoms with Crippen LogP contribution in [-0.2, 0) is 16.6 Å². The van der Waals surface area contributed by atoms with Gasteiger partial charge in [-0.2, -0.15) is 0 Å². The van der Waals surface area contributed by atoms with Crippen molar-refractivity contribution in [2.24, 2.45) is 4.99 Å². The van der Waals surface area contributed by atoms with Gasteiger partial charge in [0, 0.05) is 39.3 Å². The molecule has 0 spiro atoms. The third kappa shape index (κ3) is 8.82. The lowest BCUT2D eigenvalue weighted by Crippen LogP contribution is -2.38. The first-order valence-corrected chi connectivity index (χ1v) is 10.4. The number of amides is 1. The van der Waals surface area contributed by atoms with E-state index < -0.39 is 10.0 Å². The minimum Gasteiger partial charge on any atom is -0.357 e. The predicted octanol–water partition coefficient (Wildman–Crippen LogP) is 0.383. The summed E-state index contributed by atoms with van der Waals surface area (Å²) < 4.78 is 24.5. The highest BCUT2D eigenvalue weighted by atomic mass is 32.2. The first-order valence-electron chi connectivity index (χ1n) is 8.50. The van der Waals surface area contributed by atoms with Gasteiger partial charge in [0.2, 0.25) is 10.0 Å². The average molecular weight is 384 g/mol. The quantitative estimate of drug-likeness (QED) is 0.325. The lowest BCUT2D eigenvalue weighted by Gasteiger charge is -2.12. The van der Waals surface area contributed by atoms with Crippen molar-refractivity contribution in [3.05, 3.63) is 35.4 Å². The van der Waals surface area contributed by atoms with Gasteiger partial charge in [0.25, 0.3) is 5.91 Å². The molecule has 0 aromatic heterocycles. The Kier molecular flexibility index (Phi) is 9.08. The molecule has 0 aliphatic heterocycles. The van der Waals surface area contributed by atoms with Crippen LogP contribution in [0.25, 0.3) is 0 Å². The zero-order valence-corrected chi connectivity index (χ0v) is 16.7. The predicted molar refractivity (Wildman–Crippen MR) is 105 cm³/mol. The van der Waals surface area contributed by atoms with Gasteiger partial charge in [-0.3, -0.25) is 4.79 Å². The molecule has 0 fully saturated rings. The van der Waals surface area contributed by atoms with E-state index in [9.17, 15) is 13.2 Å². The Hall–Kier alpha value is -2.13. The summed E-state index contributed by atoms with van der Waals surface area (Å²) in [7, 11) is 0.298. The van der Waals surface area contributed by atoms with Crippen LogP contribution in [0.1, 0.15) is 29.3 Å². The number of benzene rings is 1. The molecule has 1 aromatic rings. The second-order valence-corrected chi connectivity index (χ2v) is 7.87. The highest BCUT2D eigenvalue weighted by Gasteiger charge is 2.07. The smallest absolute Gasteiger partial charge is 0.253 e. The number of carbonyl (C=O) groups is 1. The summed E-state index contributed by atoms with van der Waals surface area (Å²) in [5.41, 5.74) is 1.64. The molecule has 0 saturated heterocycles. The Morgan fingerprint density at radius 1 is 1.12 bits per heavy atom. The lowest BCUT2D eigenvalue weighted by atomic mass is 10.1. The Balaban J connectivity index is 2.53. The monoisotopic (exact) mass is 383 g/mol. The maximum Gasteiger partial charge on any atom is 0.253 e. The number of hydrogen-bond acceptors (Lipinski definition) is 4. The largest absolute Gasteiger partial charge is 0.357 e. The van der Waals surface area contributed by atoms with E-state index in [1.54, 1.807) is 31.1 Å². The Bertz CT molecular complexity index is 700. The normalized spacial score (nSPS) is 11.9. The molecule has 0 radical (unpaired) electrons. The summed E-state index contributed by atoms with van der Waals surface area (Å²) in [6.07, 6.45) is 1.79. The van der Waals surface area contributed by atoms with Crippen LogP contribution in [0.2, 0.25) is 0 Å². The van der Waals surface area contributed by atoms with Crippen LogP contribution >= 0.6 is 0 Å². The average Bonchev–Trinajstić information content (AvgIpc) is 2.58. The number of nitrogens with one attached hydrogen (secondary N) is 3. The molecule has 1 amide bonds. The van der Waals surface area contributed by atoms with Gasteiger partial charge in [0.1, 0.15) is 0 Å². The maximum atomic E-state index is 11.9. The number of guanidine groups is 1. The van der Waals surface area contributed by atoms with Crippen molar-refractivity contribution in [3.8, 4) is 0 Å². The van der Waals surface area contributed by atoms with Crippen molar-refractivity contribution in [1.82, 2.24) is 20.3 Å². The molecule has 1 rings (SSSR count). The molecule has 26 heavy (non-hydrogen) atoms. The van der Waals surface area contributed by atoms with Crippen LogP contribution in [0, 0.1) is 0 Å². The minimum atomic E-state index is -3.15. The highest BCUT2D eigenvalue weighted by molar-refractivity contribution is 7.88. The van der Waals surface area contributed by atoms with E-state index >= 15 is 0 Å². The number of rotatable bonds is 9. The van der Waals surface area contributed by atoms with Crippen molar-refractivity contribution in [2.75, 3.05) is 40.0 Å². The standard InChI is InChI=1S/C17H29N5O3S/c1-5-18-17(19-11-6-12-21-26(4,24)25)20-13-14-7-9-15(10-8-14)16(23)22(2)3/h7-10,21H,5-6,11-13H2,1-4H3,(H2,18,19,20). The first kappa shape index (κ1) is 21.9. The molecule has 3 N–H and O–H groups in total. The van der Waals surface area contributed by atoms with E-state index in [1.165, 1.54) is 0 Å². The molecule has 0 aliphatic carbocycles. The topological polar surface area (TPSA) is 103 Å². The fourth-order valence-electron chi connectivity index (χ4n) is 2.08. The van der Waals surface area contributed by atoms with Crippen LogP contribution in [0.3, 0.4) is 0 Å². The van der Waals surface area contributed by atoms with Crippen LogP contribution in [0.5, 0.6) is 0 Å². The summed E-state index contributed by atoms with van der Waals surface area (Å²) in [5.74, 6) is 0.637.